The Kier molecular flexibility index (Phi) is 4.62. The van der Waals surface area contributed by atoms with Crippen LogP contribution in [0.1, 0.15) is 11.4 Å². The summed E-state index contributed by atoms with van der Waals surface area (Å²) in [6.45, 7) is 3.01. The average molecular weight is 386 g/mol. The molecule has 1 fully saturated rings. The molecule has 0 spiro atoms. The van der Waals surface area contributed by atoms with Crippen LogP contribution in [-0.4, -0.2) is 40.8 Å². The van der Waals surface area contributed by atoms with E-state index in [1.807, 2.05) is 42.7 Å². The highest BCUT2D eigenvalue weighted by Crippen LogP contribution is 2.24. The molecule has 4 aromatic rings. The number of benzene rings is 2. The van der Waals surface area contributed by atoms with Crippen molar-refractivity contribution < 1.29 is 4.74 Å². The molecule has 2 aromatic carbocycles. The van der Waals surface area contributed by atoms with Crippen molar-refractivity contribution in [3.8, 4) is 5.69 Å². The monoisotopic (exact) mass is 386 g/mol. The summed E-state index contributed by atoms with van der Waals surface area (Å²) in [7, 11) is 0. The summed E-state index contributed by atoms with van der Waals surface area (Å²) >= 11 is 0. The molecular formula is C23H22N4O2. The lowest BCUT2D eigenvalue weighted by Gasteiger charge is -2.29. The number of anilines is 1. The van der Waals surface area contributed by atoms with Crippen molar-refractivity contribution in [2.75, 3.05) is 31.2 Å². The minimum absolute atomic E-state index is 0.0935. The van der Waals surface area contributed by atoms with Crippen molar-refractivity contribution in [2.24, 2.45) is 0 Å². The molecule has 0 atom stereocenters. The molecule has 1 saturated heterocycles. The molecule has 6 heteroatoms. The Hall–Kier alpha value is -3.38. The van der Waals surface area contributed by atoms with Crippen LogP contribution in [0, 0.1) is 0 Å². The molecule has 0 radical (unpaired) electrons. The van der Waals surface area contributed by atoms with Gasteiger partial charge in [-0.25, -0.2) is 4.98 Å². The number of ether oxygens (including phenoxy) is 1. The van der Waals surface area contributed by atoms with Gasteiger partial charge in [0.15, 0.2) is 0 Å². The number of hydrogen-bond donors (Lipinski definition) is 1. The maximum Gasteiger partial charge on any atom is 0.258 e. The molecule has 1 aliphatic heterocycles. The van der Waals surface area contributed by atoms with E-state index < -0.39 is 0 Å². The molecule has 1 aliphatic rings. The topological polar surface area (TPSA) is 63.2 Å². The predicted octanol–water partition coefficient (Wildman–Crippen LogP) is 3.14. The SMILES string of the molecule is O=c1[nH]c(Cc2ccc(-n3cccc3)cc2)nc2c(N3CCOCC3)cccc12. The van der Waals surface area contributed by atoms with Gasteiger partial charge in [-0.2, -0.15) is 0 Å². The van der Waals surface area contributed by atoms with Gasteiger partial charge < -0.3 is 19.2 Å². The van der Waals surface area contributed by atoms with Gasteiger partial charge >= 0.3 is 0 Å². The van der Waals surface area contributed by atoms with Crippen LogP contribution in [0.5, 0.6) is 0 Å². The van der Waals surface area contributed by atoms with E-state index in [-0.39, 0.29) is 5.56 Å². The molecule has 0 amide bonds. The molecule has 0 unspecified atom stereocenters. The Labute approximate surface area is 168 Å². The van der Waals surface area contributed by atoms with Gasteiger partial charge in [0, 0.05) is 37.6 Å². The van der Waals surface area contributed by atoms with E-state index in [0.717, 1.165) is 35.5 Å². The lowest BCUT2D eigenvalue weighted by Crippen LogP contribution is -2.36. The summed E-state index contributed by atoms with van der Waals surface area (Å²) in [5.41, 5.74) is 3.88. The van der Waals surface area contributed by atoms with Gasteiger partial charge in [0.05, 0.1) is 24.3 Å². The molecule has 5 rings (SSSR count). The number of morpholine rings is 1. The standard InChI is InChI=1S/C23H22N4O2/c28-23-19-4-3-5-20(27-12-14-29-15-13-27)22(19)24-21(25-23)16-17-6-8-18(9-7-17)26-10-1-2-11-26/h1-11H,12-16H2,(H,24,25,28). The Morgan fingerprint density at radius 2 is 1.72 bits per heavy atom. The second kappa shape index (κ2) is 7.56. The first-order chi connectivity index (χ1) is 14.3. The normalized spacial score (nSPS) is 14.4. The zero-order valence-corrected chi connectivity index (χ0v) is 16.0. The van der Waals surface area contributed by atoms with Crippen LogP contribution in [0.15, 0.2) is 71.8 Å². The maximum absolute atomic E-state index is 12.7. The van der Waals surface area contributed by atoms with E-state index in [4.69, 9.17) is 9.72 Å². The summed E-state index contributed by atoms with van der Waals surface area (Å²) in [4.78, 5) is 22.7. The fourth-order valence-corrected chi connectivity index (χ4v) is 3.82. The van der Waals surface area contributed by atoms with Crippen molar-refractivity contribution in [3.63, 3.8) is 0 Å². The molecular weight excluding hydrogens is 364 g/mol. The van der Waals surface area contributed by atoms with Gasteiger partial charge in [0.25, 0.3) is 5.56 Å². The highest BCUT2D eigenvalue weighted by Gasteiger charge is 2.16. The first-order valence-electron chi connectivity index (χ1n) is 9.85. The molecule has 6 nitrogen and oxygen atoms in total. The first-order valence-corrected chi connectivity index (χ1v) is 9.85. The number of H-pyrrole nitrogens is 1. The quantitative estimate of drug-likeness (QED) is 0.585. The zero-order valence-electron chi connectivity index (χ0n) is 16.0. The number of rotatable bonds is 4. The largest absolute Gasteiger partial charge is 0.378 e. The third-order valence-electron chi connectivity index (χ3n) is 5.33. The van der Waals surface area contributed by atoms with Crippen LogP contribution >= 0.6 is 0 Å². The molecule has 0 saturated carbocycles. The fourth-order valence-electron chi connectivity index (χ4n) is 3.82. The van der Waals surface area contributed by atoms with Crippen molar-refractivity contribution in [1.82, 2.24) is 14.5 Å². The molecule has 0 aliphatic carbocycles. The van der Waals surface area contributed by atoms with Gasteiger partial charge in [0.2, 0.25) is 0 Å². The van der Waals surface area contributed by atoms with E-state index >= 15 is 0 Å². The Bertz CT molecular complexity index is 1170. The Morgan fingerprint density at radius 3 is 2.48 bits per heavy atom. The lowest BCUT2D eigenvalue weighted by molar-refractivity contribution is 0.123. The number of para-hydroxylation sites is 1. The molecule has 3 heterocycles. The van der Waals surface area contributed by atoms with Crippen molar-refractivity contribution in [1.29, 1.82) is 0 Å². The van der Waals surface area contributed by atoms with Gasteiger partial charge in [0.1, 0.15) is 11.3 Å². The van der Waals surface area contributed by atoms with Gasteiger partial charge in [-0.3, -0.25) is 4.79 Å². The third-order valence-corrected chi connectivity index (χ3v) is 5.33. The van der Waals surface area contributed by atoms with E-state index in [1.54, 1.807) is 0 Å². The van der Waals surface area contributed by atoms with Crippen molar-refractivity contribution in [2.45, 2.75) is 6.42 Å². The number of aromatic amines is 1. The first kappa shape index (κ1) is 17.7. The minimum atomic E-state index is -0.0935. The summed E-state index contributed by atoms with van der Waals surface area (Å²) < 4.78 is 7.53. The predicted molar refractivity (Wildman–Crippen MR) is 114 cm³/mol. The summed E-state index contributed by atoms with van der Waals surface area (Å²) in [6.07, 6.45) is 4.61. The van der Waals surface area contributed by atoms with Crippen LogP contribution < -0.4 is 10.5 Å². The average Bonchev–Trinajstić information content (AvgIpc) is 3.30. The smallest absolute Gasteiger partial charge is 0.258 e. The Morgan fingerprint density at radius 1 is 0.966 bits per heavy atom. The van der Waals surface area contributed by atoms with Gasteiger partial charge in [-0.1, -0.05) is 18.2 Å². The summed E-state index contributed by atoms with van der Waals surface area (Å²) in [5.74, 6) is 0.678. The number of nitrogens with zero attached hydrogens (tertiary/aromatic N) is 3. The number of fused-ring (bicyclic) bond motifs is 1. The van der Waals surface area contributed by atoms with E-state index in [9.17, 15) is 4.79 Å². The highest BCUT2D eigenvalue weighted by atomic mass is 16.5. The van der Waals surface area contributed by atoms with Crippen LogP contribution in [0.25, 0.3) is 16.6 Å². The van der Waals surface area contributed by atoms with Gasteiger partial charge in [-0.15, -0.1) is 0 Å². The minimum Gasteiger partial charge on any atom is -0.378 e. The van der Waals surface area contributed by atoms with Crippen molar-refractivity contribution >= 4 is 16.6 Å². The Balaban J connectivity index is 1.48. The second-order valence-electron chi connectivity index (χ2n) is 7.22. The third kappa shape index (κ3) is 3.54. The molecule has 146 valence electrons. The van der Waals surface area contributed by atoms with E-state index in [2.05, 4.69) is 38.7 Å². The van der Waals surface area contributed by atoms with Crippen LogP contribution in [0.3, 0.4) is 0 Å². The fraction of sp³-hybridized carbons (Fsp3) is 0.217. The van der Waals surface area contributed by atoms with Crippen LogP contribution in [0.4, 0.5) is 5.69 Å². The van der Waals surface area contributed by atoms with Crippen LogP contribution in [-0.2, 0) is 11.2 Å². The van der Waals surface area contributed by atoms with Gasteiger partial charge in [-0.05, 0) is 42.0 Å². The summed E-state index contributed by atoms with van der Waals surface area (Å²) in [6, 6.07) is 18.1. The second-order valence-corrected chi connectivity index (χ2v) is 7.22. The van der Waals surface area contributed by atoms with Crippen molar-refractivity contribution in [3.05, 3.63) is 88.7 Å². The van der Waals surface area contributed by atoms with E-state index in [0.29, 0.717) is 30.8 Å². The number of aromatic nitrogens is 3. The molecule has 2 aromatic heterocycles. The molecule has 1 N–H and O–H groups in total. The zero-order chi connectivity index (χ0) is 19.6. The van der Waals surface area contributed by atoms with E-state index in [1.165, 1.54) is 0 Å². The molecule has 0 bridgehead atoms. The lowest BCUT2D eigenvalue weighted by atomic mass is 10.1. The van der Waals surface area contributed by atoms with Crippen LogP contribution in [0.2, 0.25) is 0 Å². The number of nitrogens with one attached hydrogen (secondary N) is 1. The maximum atomic E-state index is 12.7. The highest BCUT2D eigenvalue weighted by molar-refractivity contribution is 5.90. The number of hydrogen-bond acceptors (Lipinski definition) is 4. The summed E-state index contributed by atoms with van der Waals surface area (Å²) in [5, 5.41) is 0.626. The molecule has 29 heavy (non-hydrogen) atoms.